The van der Waals surface area contributed by atoms with Crippen LogP contribution in [0.15, 0.2) is 24.3 Å². The summed E-state index contributed by atoms with van der Waals surface area (Å²) < 4.78 is 5.70. The molecule has 0 saturated heterocycles. The molecule has 86 valence electrons. The first-order chi connectivity index (χ1) is 7.79. The molecule has 16 heavy (non-hydrogen) atoms. The molecule has 0 bridgehead atoms. The Balaban J connectivity index is 2.04. The lowest BCUT2D eigenvalue weighted by molar-refractivity contribution is 0.00686. The molecule has 2 unspecified atom stereocenters. The van der Waals surface area contributed by atoms with Crippen LogP contribution in [0.3, 0.4) is 0 Å². The molecule has 1 aliphatic rings. The van der Waals surface area contributed by atoms with Gasteiger partial charge in [-0.3, -0.25) is 4.79 Å². The zero-order chi connectivity index (χ0) is 11.4. The number of hydrogen-bond donors (Lipinski definition) is 1. The smallest absolute Gasteiger partial charge is 0.150 e. The summed E-state index contributed by atoms with van der Waals surface area (Å²) in [6.45, 7) is 0. The molecule has 3 heteroatoms. The minimum absolute atomic E-state index is 0.129. The van der Waals surface area contributed by atoms with Gasteiger partial charge >= 0.3 is 0 Å². The van der Waals surface area contributed by atoms with E-state index in [2.05, 4.69) is 0 Å². The topological polar surface area (TPSA) is 46.5 Å². The van der Waals surface area contributed by atoms with Crippen LogP contribution in [0.4, 0.5) is 0 Å². The Morgan fingerprint density at radius 2 is 2.12 bits per heavy atom. The Morgan fingerprint density at radius 3 is 2.88 bits per heavy atom. The summed E-state index contributed by atoms with van der Waals surface area (Å²) in [4.78, 5) is 10.6. The van der Waals surface area contributed by atoms with Crippen LogP contribution in [0.2, 0.25) is 0 Å². The van der Waals surface area contributed by atoms with E-state index >= 15 is 0 Å². The predicted octanol–water partition coefficient (Wildman–Crippen LogP) is 2.18. The first kappa shape index (κ1) is 11.1. The summed E-state index contributed by atoms with van der Waals surface area (Å²) in [7, 11) is 0. The number of aldehydes is 1. The molecule has 0 amide bonds. The molecule has 1 fully saturated rings. The van der Waals surface area contributed by atoms with Crippen molar-refractivity contribution in [2.24, 2.45) is 0 Å². The number of carbonyl (C=O) groups excluding carboxylic acids is 1. The number of benzene rings is 1. The van der Waals surface area contributed by atoms with Gasteiger partial charge in [0.1, 0.15) is 18.1 Å². The van der Waals surface area contributed by atoms with Gasteiger partial charge in [0.15, 0.2) is 0 Å². The lowest BCUT2D eigenvalue weighted by Crippen LogP contribution is -2.34. The third-order valence-corrected chi connectivity index (χ3v) is 2.95. The number of ether oxygens (including phenoxy) is 1. The normalized spacial score (nSPS) is 25.1. The van der Waals surface area contributed by atoms with Crippen LogP contribution in [0.1, 0.15) is 36.0 Å². The minimum atomic E-state index is -0.381. The fraction of sp³-hybridized carbons (Fsp3) is 0.462. The molecule has 1 saturated carbocycles. The van der Waals surface area contributed by atoms with Gasteiger partial charge in [0.05, 0.1) is 6.10 Å². The summed E-state index contributed by atoms with van der Waals surface area (Å²) in [6.07, 6.45) is 4.13. The first-order valence-corrected chi connectivity index (χ1v) is 5.69. The van der Waals surface area contributed by atoms with Crippen LogP contribution in [0.5, 0.6) is 5.75 Å². The molecule has 1 aromatic rings. The highest BCUT2D eigenvalue weighted by Crippen LogP contribution is 2.24. The summed E-state index contributed by atoms with van der Waals surface area (Å²) >= 11 is 0. The van der Waals surface area contributed by atoms with E-state index in [0.717, 1.165) is 32.0 Å². The Kier molecular flexibility index (Phi) is 3.57. The Hall–Kier alpha value is -1.35. The molecule has 1 aliphatic carbocycles. The van der Waals surface area contributed by atoms with Gasteiger partial charge in [-0.25, -0.2) is 0 Å². The minimum Gasteiger partial charge on any atom is -0.488 e. The second-order valence-electron chi connectivity index (χ2n) is 4.20. The van der Waals surface area contributed by atoms with Crippen LogP contribution in [0.25, 0.3) is 0 Å². The molecular weight excluding hydrogens is 204 g/mol. The summed E-state index contributed by atoms with van der Waals surface area (Å²) in [5.74, 6) is 0.663. The van der Waals surface area contributed by atoms with Crippen molar-refractivity contribution in [1.29, 1.82) is 0 Å². The van der Waals surface area contributed by atoms with Crippen LogP contribution >= 0.6 is 0 Å². The Bertz CT molecular complexity index is 362. The second kappa shape index (κ2) is 5.12. The van der Waals surface area contributed by atoms with E-state index in [-0.39, 0.29) is 12.2 Å². The van der Waals surface area contributed by atoms with Crippen LogP contribution in [-0.2, 0) is 0 Å². The lowest BCUT2D eigenvalue weighted by atomic mass is 9.95. The van der Waals surface area contributed by atoms with Crippen molar-refractivity contribution in [2.45, 2.75) is 37.9 Å². The molecule has 1 N–H and O–H groups in total. The van der Waals surface area contributed by atoms with Gasteiger partial charge in [0, 0.05) is 5.56 Å². The second-order valence-corrected chi connectivity index (χ2v) is 4.20. The van der Waals surface area contributed by atoms with Gasteiger partial charge in [-0.1, -0.05) is 18.6 Å². The summed E-state index contributed by atoms with van der Waals surface area (Å²) in [6, 6.07) is 7.04. The number of carbonyl (C=O) groups is 1. The van der Waals surface area contributed by atoms with Crippen molar-refractivity contribution >= 4 is 6.29 Å². The van der Waals surface area contributed by atoms with E-state index in [1.165, 1.54) is 0 Å². The predicted molar refractivity (Wildman–Crippen MR) is 60.7 cm³/mol. The fourth-order valence-electron chi connectivity index (χ4n) is 2.05. The van der Waals surface area contributed by atoms with E-state index in [0.29, 0.717) is 11.3 Å². The van der Waals surface area contributed by atoms with E-state index in [4.69, 9.17) is 4.74 Å². The van der Waals surface area contributed by atoms with Gasteiger partial charge < -0.3 is 9.84 Å². The standard InChI is InChI=1S/C13H16O3/c14-9-10-4-3-5-11(8-10)16-13-7-2-1-6-12(13)15/h3-5,8-9,12-13,15H,1-2,6-7H2. The van der Waals surface area contributed by atoms with E-state index in [9.17, 15) is 9.90 Å². The quantitative estimate of drug-likeness (QED) is 0.794. The van der Waals surface area contributed by atoms with Crippen molar-refractivity contribution < 1.29 is 14.6 Å². The van der Waals surface area contributed by atoms with Gasteiger partial charge in [-0.15, -0.1) is 0 Å². The van der Waals surface area contributed by atoms with Crippen molar-refractivity contribution in [3.8, 4) is 5.75 Å². The third kappa shape index (κ3) is 2.61. The SMILES string of the molecule is O=Cc1cccc(OC2CCCCC2O)c1. The maximum atomic E-state index is 10.6. The average Bonchev–Trinajstić information content (AvgIpc) is 2.32. The molecule has 0 heterocycles. The van der Waals surface area contributed by atoms with Crippen molar-refractivity contribution in [3.63, 3.8) is 0 Å². The molecule has 0 aromatic heterocycles. The van der Waals surface area contributed by atoms with Crippen molar-refractivity contribution in [1.82, 2.24) is 0 Å². The summed E-state index contributed by atoms with van der Waals surface area (Å²) in [5.41, 5.74) is 0.600. The highest BCUT2D eigenvalue weighted by Gasteiger charge is 2.24. The molecule has 1 aromatic carbocycles. The van der Waals surface area contributed by atoms with Gasteiger partial charge in [-0.05, 0) is 31.4 Å². The third-order valence-electron chi connectivity index (χ3n) is 2.95. The average molecular weight is 220 g/mol. The van der Waals surface area contributed by atoms with E-state index in [1.807, 2.05) is 6.07 Å². The van der Waals surface area contributed by atoms with Crippen molar-refractivity contribution in [3.05, 3.63) is 29.8 Å². The molecular formula is C13H16O3. The molecule has 0 spiro atoms. The van der Waals surface area contributed by atoms with Crippen LogP contribution < -0.4 is 4.74 Å². The molecule has 0 aliphatic heterocycles. The number of hydrogen-bond acceptors (Lipinski definition) is 3. The number of aliphatic hydroxyl groups is 1. The lowest BCUT2D eigenvalue weighted by Gasteiger charge is -2.28. The highest BCUT2D eigenvalue weighted by molar-refractivity contribution is 5.75. The molecule has 2 rings (SSSR count). The summed E-state index contributed by atoms with van der Waals surface area (Å²) in [5, 5.41) is 9.76. The van der Waals surface area contributed by atoms with Crippen LogP contribution in [-0.4, -0.2) is 23.6 Å². The maximum absolute atomic E-state index is 10.6. The molecule has 2 atom stereocenters. The maximum Gasteiger partial charge on any atom is 0.150 e. The van der Waals surface area contributed by atoms with Gasteiger partial charge in [-0.2, -0.15) is 0 Å². The fourth-order valence-corrected chi connectivity index (χ4v) is 2.05. The first-order valence-electron chi connectivity index (χ1n) is 5.69. The zero-order valence-electron chi connectivity index (χ0n) is 9.13. The Morgan fingerprint density at radius 1 is 1.31 bits per heavy atom. The zero-order valence-corrected chi connectivity index (χ0v) is 9.13. The molecule has 3 nitrogen and oxygen atoms in total. The van der Waals surface area contributed by atoms with Gasteiger partial charge in [0.25, 0.3) is 0 Å². The van der Waals surface area contributed by atoms with E-state index in [1.54, 1.807) is 18.2 Å². The Labute approximate surface area is 95.0 Å². The number of rotatable bonds is 3. The van der Waals surface area contributed by atoms with E-state index < -0.39 is 0 Å². The highest BCUT2D eigenvalue weighted by atomic mass is 16.5. The number of aliphatic hydroxyl groups excluding tert-OH is 1. The molecule has 0 radical (unpaired) electrons. The van der Waals surface area contributed by atoms with Crippen LogP contribution in [0, 0.1) is 0 Å². The monoisotopic (exact) mass is 220 g/mol. The largest absolute Gasteiger partial charge is 0.488 e. The van der Waals surface area contributed by atoms with Gasteiger partial charge in [0.2, 0.25) is 0 Å². The van der Waals surface area contributed by atoms with Crippen molar-refractivity contribution in [2.75, 3.05) is 0 Å².